The Labute approximate surface area is 77.1 Å². The molecule has 0 N–H and O–H groups in total. The van der Waals surface area contributed by atoms with Crippen molar-refractivity contribution in [2.45, 2.75) is 40.7 Å². The van der Waals surface area contributed by atoms with Gasteiger partial charge in [0, 0.05) is 11.5 Å². The molecular formula is C11H21N. The van der Waals surface area contributed by atoms with Crippen molar-refractivity contribution in [2.24, 2.45) is 5.41 Å². The Bertz CT molecular complexity index is 175. The largest absolute Gasteiger partial charge is 0.293 e. The van der Waals surface area contributed by atoms with Gasteiger partial charge in [-0.1, -0.05) is 11.8 Å². The van der Waals surface area contributed by atoms with Crippen LogP contribution in [0.1, 0.15) is 34.6 Å². The molecule has 0 saturated heterocycles. The lowest BCUT2D eigenvalue weighted by atomic mass is 9.98. The van der Waals surface area contributed by atoms with Gasteiger partial charge in [0.15, 0.2) is 0 Å². The summed E-state index contributed by atoms with van der Waals surface area (Å²) in [6.07, 6.45) is 0. The van der Waals surface area contributed by atoms with Gasteiger partial charge in [-0.2, -0.15) is 0 Å². The Morgan fingerprint density at radius 2 is 1.75 bits per heavy atom. The Balaban J connectivity index is 3.87. The van der Waals surface area contributed by atoms with Crippen molar-refractivity contribution >= 4 is 0 Å². The summed E-state index contributed by atoms with van der Waals surface area (Å²) in [5, 5.41) is 0. The average Bonchev–Trinajstić information content (AvgIpc) is 1.84. The minimum Gasteiger partial charge on any atom is -0.293 e. The van der Waals surface area contributed by atoms with Gasteiger partial charge in [0.2, 0.25) is 0 Å². The van der Waals surface area contributed by atoms with E-state index in [0.717, 1.165) is 6.54 Å². The molecule has 0 aromatic rings. The lowest BCUT2D eigenvalue weighted by Gasteiger charge is -2.17. The maximum atomic E-state index is 3.22. The van der Waals surface area contributed by atoms with E-state index in [9.17, 15) is 0 Å². The van der Waals surface area contributed by atoms with Gasteiger partial charge in [-0.3, -0.25) is 4.90 Å². The van der Waals surface area contributed by atoms with Gasteiger partial charge in [-0.15, -0.1) is 0 Å². The smallest absolute Gasteiger partial charge is 0.0601 e. The number of nitrogens with zero attached hydrogens (tertiary/aromatic N) is 1. The molecule has 0 spiro atoms. The summed E-state index contributed by atoms with van der Waals surface area (Å²) in [6, 6.07) is 0.583. The van der Waals surface area contributed by atoms with Gasteiger partial charge in [-0.05, 0) is 41.7 Å². The summed E-state index contributed by atoms with van der Waals surface area (Å²) in [6.45, 7) is 11.6. The Morgan fingerprint density at radius 3 is 2.08 bits per heavy atom. The summed E-state index contributed by atoms with van der Waals surface area (Å²) in [5.74, 6) is 6.40. The Kier molecular flexibility index (Phi) is 4.34. The summed E-state index contributed by atoms with van der Waals surface area (Å²) in [7, 11) is 2.10. The van der Waals surface area contributed by atoms with Crippen molar-refractivity contribution in [3.05, 3.63) is 0 Å². The first-order valence-electron chi connectivity index (χ1n) is 4.53. The zero-order chi connectivity index (χ0) is 9.78. The highest BCUT2D eigenvalue weighted by atomic mass is 15.1. The predicted octanol–water partition coefficient (Wildman–Crippen LogP) is 2.38. The molecule has 0 aromatic heterocycles. The molecule has 0 aliphatic carbocycles. The Hall–Kier alpha value is -0.480. The van der Waals surface area contributed by atoms with Crippen molar-refractivity contribution in [1.29, 1.82) is 0 Å². The van der Waals surface area contributed by atoms with Crippen LogP contribution in [0.3, 0.4) is 0 Å². The molecule has 0 heterocycles. The van der Waals surface area contributed by atoms with Crippen LogP contribution < -0.4 is 0 Å². The zero-order valence-electron chi connectivity index (χ0n) is 9.23. The van der Waals surface area contributed by atoms with Crippen LogP contribution in [0, 0.1) is 17.3 Å². The summed E-state index contributed by atoms with van der Waals surface area (Å²) in [5.41, 5.74) is 0.137. The first-order chi connectivity index (χ1) is 5.33. The molecular weight excluding hydrogens is 146 g/mol. The normalized spacial score (nSPS) is 11.7. The quantitative estimate of drug-likeness (QED) is 0.571. The van der Waals surface area contributed by atoms with Crippen LogP contribution >= 0.6 is 0 Å². The van der Waals surface area contributed by atoms with E-state index in [2.05, 4.69) is 58.4 Å². The van der Waals surface area contributed by atoms with Crippen molar-refractivity contribution in [1.82, 2.24) is 4.90 Å². The second-order valence-electron chi connectivity index (χ2n) is 4.56. The predicted molar refractivity (Wildman–Crippen MR) is 55.0 cm³/mol. The Morgan fingerprint density at radius 1 is 1.25 bits per heavy atom. The molecule has 0 unspecified atom stereocenters. The summed E-state index contributed by atoms with van der Waals surface area (Å²) in [4.78, 5) is 2.23. The van der Waals surface area contributed by atoms with E-state index >= 15 is 0 Å². The van der Waals surface area contributed by atoms with Crippen LogP contribution in [0.4, 0.5) is 0 Å². The maximum Gasteiger partial charge on any atom is 0.0601 e. The lowest BCUT2D eigenvalue weighted by molar-refractivity contribution is 0.307. The first-order valence-corrected chi connectivity index (χ1v) is 4.53. The van der Waals surface area contributed by atoms with Crippen molar-refractivity contribution in [2.75, 3.05) is 13.6 Å². The fourth-order valence-electron chi connectivity index (χ4n) is 0.612. The SMILES string of the molecule is CC(C)N(C)CC#CC(C)(C)C. The van der Waals surface area contributed by atoms with Crippen LogP contribution in [-0.2, 0) is 0 Å². The third kappa shape index (κ3) is 6.24. The van der Waals surface area contributed by atoms with E-state index < -0.39 is 0 Å². The minimum absolute atomic E-state index is 0.137. The summed E-state index contributed by atoms with van der Waals surface area (Å²) < 4.78 is 0. The van der Waals surface area contributed by atoms with Gasteiger partial charge >= 0.3 is 0 Å². The zero-order valence-corrected chi connectivity index (χ0v) is 9.23. The number of hydrogen-bond donors (Lipinski definition) is 0. The molecule has 0 bridgehead atoms. The molecule has 1 heteroatoms. The first kappa shape index (κ1) is 11.5. The molecule has 12 heavy (non-hydrogen) atoms. The van der Waals surface area contributed by atoms with E-state index in [1.54, 1.807) is 0 Å². The van der Waals surface area contributed by atoms with Crippen LogP contribution in [0.15, 0.2) is 0 Å². The van der Waals surface area contributed by atoms with Crippen LogP contribution in [0.2, 0.25) is 0 Å². The van der Waals surface area contributed by atoms with Crippen molar-refractivity contribution in [3.8, 4) is 11.8 Å². The van der Waals surface area contributed by atoms with Gasteiger partial charge in [0.25, 0.3) is 0 Å². The highest BCUT2D eigenvalue weighted by Crippen LogP contribution is 2.09. The molecule has 0 aliphatic heterocycles. The molecule has 0 fully saturated rings. The fourth-order valence-corrected chi connectivity index (χ4v) is 0.612. The maximum absolute atomic E-state index is 3.22. The number of hydrogen-bond acceptors (Lipinski definition) is 1. The van der Waals surface area contributed by atoms with Crippen LogP contribution in [-0.4, -0.2) is 24.5 Å². The van der Waals surface area contributed by atoms with Crippen molar-refractivity contribution in [3.63, 3.8) is 0 Å². The monoisotopic (exact) mass is 167 g/mol. The minimum atomic E-state index is 0.137. The second kappa shape index (κ2) is 4.52. The van der Waals surface area contributed by atoms with Gasteiger partial charge < -0.3 is 0 Å². The van der Waals surface area contributed by atoms with Gasteiger partial charge in [0.05, 0.1) is 6.54 Å². The molecule has 0 aromatic carbocycles. The molecule has 1 nitrogen and oxygen atoms in total. The lowest BCUT2D eigenvalue weighted by Crippen LogP contribution is -2.26. The third-order valence-corrected chi connectivity index (χ3v) is 1.67. The highest BCUT2D eigenvalue weighted by molar-refractivity contribution is 5.08. The van der Waals surface area contributed by atoms with E-state index in [1.165, 1.54) is 0 Å². The van der Waals surface area contributed by atoms with E-state index in [1.807, 2.05) is 0 Å². The third-order valence-electron chi connectivity index (χ3n) is 1.67. The van der Waals surface area contributed by atoms with E-state index in [4.69, 9.17) is 0 Å². The standard InChI is InChI=1S/C11H21N/c1-10(2)12(6)9-7-8-11(3,4)5/h10H,9H2,1-6H3. The average molecular weight is 167 g/mol. The summed E-state index contributed by atoms with van der Waals surface area (Å²) >= 11 is 0. The van der Waals surface area contributed by atoms with E-state index in [0.29, 0.717) is 6.04 Å². The second-order valence-corrected chi connectivity index (χ2v) is 4.56. The molecule has 0 rings (SSSR count). The van der Waals surface area contributed by atoms with Crippen molar-refractivity contribution < 1.29 is 0 Å². The van der Waals surface area contributed by atoms with Gasteiger partial charge in [-0.25, -0.2) is 0 Å². The molecule has 0 saturated carbocycles. The molecule has 0 atom stereocenters. The van der Waals surface area contributed by atoms with E-state index in [-0.39, 0.29) is 5.41 Å². The number of rotatable bonds is 2. The van der Waals surface area contributed by atoms with Gasteiger partial charge in [0.1, 0.15) is 0 Å². The van der Waals surface area contributed by atoms with Crippen LogP contribution in [0.25, 0.3) is 0 Å². The van der Waals surface area contributed by atoms with Crippen LogP contribution in [0.5, 0.6) is 0 Å². The molecule has 70 valence electrons. The molecule has 0 radical (unpaired) electrons. The topological polar surface area (TPSA) is 3.24 Å². The molecule has 0 amide bonds. The highest BCUT2D eigenvalue weighted by Gasteiger charge is 2.04. The fraction of sp³-hybridized carbons (Fsp3) is 0.818. The molecule has 0 aliphatic rings.